The Labute approximate surface area is 267 Å². The summed E-state index contributed by atoms with van der Waals surface area (Å²) in [5.74, 6) is -3.39. The smallest absolute Gasteiger partial charge is 0.336 e. The van der Waals surface area contributed by atoms with Gasteiger partial charge in [0.25, 0.3) is 17.3 Å². The molecule has 0 saturated heterocycles. The fraction of sp³-hybridized carbons (Fsp3) is 0.182. The molecule has 0 bridgehead atoms. The van der Waals surface area contributed by atoms with Gasteiger partial charge in [0, 0.05) is 35.5 Å². The fourth-order valence-corrected chi connectivity index (χ4v) is 4.98. The lowest BCUT2D eigenvalue weighted by atomic mass is 9.98. The summed E-state index contributed by atoms with van der Waals surface area (Å²) in [5, 5.41) is 43.9. The Morgan fingerprint density at radius 3 is 1.77 bits per heavy atom. The number of anilines is 2. The van der Waals surface area contributed by atoms with Crippen molar-refractivity contribution in [1.82, 2.24) is 0 Å². The summed E-state index contributed by atoms with van der Waals surface area (Å²) in [7, 11) is 0. The van der Waals surface area contributed by atoms with E-state index in [9.17, 15) is 44.8 Å². The van der Waals surface area contributed by atoms with E-state index in [-0.39, 0.29) is 34.5 Å². The van der Waals surface area contributed by atoms with Crippen LogP contribution in [0.3, 0.4) is 0 Å². The van der Waals surface area contributed by atoms with Crippen LogP contribution in [0.25, 0.3) is 0 Å². The van der Waals surface area contributed by atoms with Crippen molar-refractivity contribution in [3.8, 4) is 0 Å². The minimum atomic E-state index is -1.38. The summed E-state index contributed by atoms with van der Waals surface area (Å²) in [6.45, 7) is 3.63. The molecule has 0 aliphatic rings. The SMILES string of the molecule is CCc1cc(Cc2ccc(NC(=O)c3cc([N+](=O)[O-])ccc3C(=O)O)c(CC)c2)ccc1NOCc1cc([N+](=O)[O-])ccc1C(=O)O. The highest BCUT2D eigenvalue weighted by molar-refractivity contribution is 6.11. The van der Waals surface area contributed by atoms with Crippen LogP contribution in [0.2, 0.25) is 0 Å². The average molecular weight is 643 g/mol. The highest BCUT2D eigenvalue weighted by Gasteiger charge is 2.22. The summed E-state index contributed by atoms with van der Waals surface area (Å²) in [6, 6.07) is 17.6. The molecule has 0 atom stereocenters. The molecule has 0 aromatic heterocycles. The zero-order valence-corrected chi connectivity index (χ0v) is 25.3. The number of carbonyl (C=O) groups excluding carboxylic acids is 1. The van der Waals surface area contributed by atoms with E-state index in [1.165, 1.54) is 6.07 Å². The summed E-state index contributed by atoms with van der Waals surface area (Å²) < 4.78 is 0. The van der Waals surface area contributed by atoms with Gasteiger partial charge >= 0.3 is 11.9 Å². The molecule has 47 heavy (non-hydrogen) atoms. The molecule has 4 N–H and O–H groups in total. The van der Waals surface area contributed by atoms with Gasteiger partial charge in [0.05, 0.1) is 32.2 Å². The number of amides is 1. The summed E-state index contributed by atoms with van der Waals surface area (Å²) in [6.07, 6.45) is 1.72. The van der Waals surface area contributed by atoms with E-state index in [1.54, 1.807) is 6.07 Å². The third-order valence-electron chi connectivity index (χ3n) is 7.39. The van der Waals surface area contributed by atoms with Crippen LogP contribution in [0, 0.1) is 20.2 Å². The van der Waals surface area contributed by atoms with Crippen molar-refractivity contribution in [3.63, 3.8) is 0 Å². The molecule has 0 radical (unpaired) electrons. The number of carboxylic acid groups (broad SMARTS) is 2. The lowest BCUT2D eigenvalue weighted by Gasteiger charge is -2.15. The first-order valence-corrected chi connectivity index (χ1v) is 14.4. The number of hydrogen-bond acceptors (Lipinski definition) is 9. The number of aryl methyl sites for hydroxylation is 2. The van der Waals surface area contributed by atoms with Gasteiger partial charge in [-0.05, 0) is 65.8 Å². The van der Waals surface area contributed by atoms with Crippen molar-refractivity contribution in [3.05, 3.63) is 138 Å². The van der Waals surface area contributed by atoms with Gasteiger partial charge < -0.3 is 15.5 Å². The van der Waals surface area contributed by atoms with Crippen molar-refractivity contribution in [1.29, 1.82) is 0 Å². The molecule has 0 saturated carbocycles. The fourth-order valence-electron chi connectivity index (χ4n) is 4.98. The number of nitro groups is 2. The van der Waals surface area contributed by atoms with Crippen molar-refractivity contribution >= 4 is 40.6 Å². The molecule has 0 spiro atoms. The number of benzene rings is 4. The topological polar surface area (TPSA) is 211 Å². The molecular weight excluding hydrogens is 612 g/mol. The maximum atomic E-state index is 13.0. The van der Waals surface area contributed by atoms with E-state index in [1.807, 2.05) is 44.2 Å². The zero-order chi connectivity index (χ0) is 34.2. The molecule has 0 aliphatic heterocycles. The van der Waals surface area contributed by atoms with Crippen LogP contribution < -0.4 is 10.8 Å². The molecule has 14 heteroatoms. The molecule has 0 aliphatic carbocycles. The van der Waals surface area contributed by atoms with Gasteiger partial charge in [0.15, 0.2) is 0 Å². The molecule has 0 fully saturated rings. The quantitative estimate of drug-likeness (QED) is 0.0871. The van der Waals surface area contributed by atoms with Gasteiger partial charge in [0.1, 0.15) is 6.61 Å². The van der Waals surface area contributed by atoms with E-state index in [0.717, 1.165) is 52.6 Å². The first-order chi connectivity index (χ1) is 22.4. The molecule has 4 aromatic carbocycles. The van der Waals surface area contributed by atoms with E-state index in [2.05, 4.69) is 10.8 Å². The molecule has 0 unspecified atom stereocenters. The number of non-ortho nitro benzene ring substituents is 2. The Kier molecular flexibility index (Phi) is 10.6. The van der Waals surface area contributed by atoms with Crippen molar-refractivity contribution in [2.45, 2.75) is 39.7 Å². The van der Waals surface area contributed by atoms with Crippen LogP contribution in [0.1, 0.15) is 72.7 Å². The monoisotopic (exact) mass is 642 g/mol. The predicted molar refractivity (Wildman–Crippen MR) is 171 cm³/mol. The van der Waals surface area contributed by atoms with Crippen LogP contribution in [0.15, 0.2) is 72.8 Å². The minimum absolute atomic E-state index is 0.102. The van der Waals surface area contributed by atoms with Crippen molar-refractivity contribution in [2.24, 2.45) is 0 Å². The van der Waals surface area contributed by atoms with Crippen LogP contribution >= 0.6 is 0 Å². The second-order valence-corrected chi connectivity index (χ2v) is 10.4. The minimum Gasteiger partial charge on any atom is -0.478 e. The summed E-state index contributed by atoms with van der Waals surface area (Å²) in [4.78, 5) is 62.8. The number of nitrogens with zero attached hydrogens (tertiary/aromatic N) is 2. The van der Waals surface area contributed by atoms with Crippen LogP contribution in [0.4, 0.5) is 22.7 Å². The third-order valence-corrected chi connectivity index (χ3v) is 7.39. The van der Waals surface area contributed by atoms with E-state index in [4.69, 9.17) is 4.84 Å². The van der Waals surface area contributed by atoms with Gasteiger partial charge in [-0.3, -0.25) is 35.3 Å². The Morgan fingerprint density at radius 2 is 1.21 bits per heavy atom. The summed E-state index contributed by atoms with van der Waals surface area (Å²) >= 11 is 0. The largest absolute Gasteiger partial charge is 0.478 e. The number of carbonyl (C=O) groups is 3. The average Bonchev–Trinajstić information content (AvgIpc) is 3.05. The van der Waals surface area contributed by atoms with Gasteiger partial charge in [-0.2, -0.15) is 0 Å². The number of hydrogen-bond donors (Lipinski definition) is 4. The van der Waals surface area contributed by atoms with Crippen molar-refractivity contribution < 1.29 is 39.3 Å². The maximum absolute atomic E-state index is 13.0. The molecule has 1 amide bonds. The first-order valence-electron chi connectivity index (χ1n) is 14.4. The number of nitro benzene ring substituents is 2. The van der Waals surface area contributed by atoms with E-state index in [0.29, 0.717) is 30.6 Å². The molecule has 4 rings (SSSR count). The lowest BCUT2D eigenvalue weighted by molar-refractivity contribution is -0.385. The van der Waals surface area contributed by atoms with E-state index >= 15 is 0 Å². The maximum Gasteiger partial charge on any atom is 0.336 e. The standard InChI is InChI=1S/C33H30N4O10/c1-3-21-14-19(5-11-29(21)34-31(38)28-17-25(37(45)46)8-10-27(28)33(41)42)13-20-6-12-30(22(4-2)15-20)35-47-18-23-16-24(36(43)44)7-9-26(23)32(39)40/h5-12,14-17,35H,3-4,13,18H2,1-2H3,(H,34,38)(H,39,40)(H,41,42). The number of rotatable bonds is 14. The molecular formula is C33H30N4O10. The van der Waals surface area contributed by atoms with Gasteiger partial charge in [-0.1, -0.05) is 38.1 Å². The van der Waals surface area contributed by atoms with Gasteiger partial charge in [-0.15, -0.1) is 0 Å². The Hall–Kier alpha value is -6.15. The first kappa shape index (κ1) is 33.7. The Balaban J connectivity index is 1.47. The lowest BCUT2D eigenvalue weighted by Crippen LogP contribution is -2.17. The van der Waals surface area contributed by atoms with Gasteiger partial charge in [0.2, 0.25) is 0 Å². The van der Waals surface area contributed by atoms with Crippen molar-refractivity contribution in [2.75, 3.05) is 10.8 Å². The van der Waals surface area contributed by atoms with Crippen LogP contribution in [0.5, 0.6) is 0 Å². The molecule has 0 heterocycles. The number of carboxylic acids is 2. The van der Waals surface area contributed by atoms with Crippen LogP contribution in [-0.2, 0) is 30.7 Å². The zero-order valence-electron chi connectivity index (χ0n) is 25.3. The molecule has 14 nitrogen and oxygen atoms in total. The summed E-state index contributed by atoms with van der Waals surface area (Å²) in [5.41, 5.74) is 6.23. The predicted octanol–water partition coefficient (Wildman–Crippen LogP) is 6.41. The highest BCUT2D eigenvalue weighted by atomic mass is 16.6. The Bertz CT molecular complexity index is 1890. The Morgan fingerprint density at radius 1 is 0.681 bits per heavy atom. The second kappa shape index (κ2) is 14.8. The van der Waals surface area contributed by atoms with Crippen LogP contribution in [-0.4, -0.2) is 37.9 Å². The number of nitrogens with one attached hydrogen (secondary N) is 2. The second-order valence-electron chi connectivity index (χ2n) is 10.4. The van der Waals surface area contributed by atoms with E-state index < -0.39 is 33.4 Å². The number of aromatic carboxylic acids is 2. The molecule has 242 valence electrons. The van der Waals surface area contributed by atoms with Gasteiger partial charge in [-0.25, -0.2) is 9.59 Å². The third kappa shape index (κ3) is 8.12. The highest BCUT2D eigenvalue weighted by Crippen LogP contribution is 2.26. The normalized spacial score (nSPS) is 10.7. The molecule has 4 aromatic rings.